The van der Waals surface area contributed by atoms with Crippen LogP contribution in [0.5, 0.6) is 0 Å². The number of rotatable bonds is 3. The highest BCUT2D eigenvalue weighted by Crippen LogP contribution is 2.21. The zero-order chi connectivity index (χ0) is 16.0. The maximum Gasteiger partial charge on any atom is 0.328 e. The molecule has 1 aromatic carbocycles. The number of hydrazine groups is 1. The lowest BCUT2D eigenvalue weighted by Crippen LogP contribution is -2.40. The summed E-state index contributed by atoms with van der Waals surface area (Å²) in [6.45, 7) is 6.20. The Hall–Kier alpha value is -2.63. The van der Waals surface area contributed by atoms with Crippen LogP contribution in [0.3, 0.4) is 0 Å². The van der Waals surface area contributed by atoms with E-state index in [-0.39, 0.29) is 5.41 Å². The second kappa shape index (κ2) is 6.69. The highest BCUT2D eigenvalue weighted by atomic mass is 16.4. The Bertz CT molecular complexity index is 568. The van der Waals surface area contributed by atoms with Gasteiger partial charge in [-0.1, -0.05) is 32.9 Å². The first-order valence-corrected chi connectivity index (χ1v) is 6.32. The summed E-state index contributed by atoms with van der Waals surface area (Å²) in [4.78, 5) is 33.2. The van der Waals surface area contributed by atoms with Crippen LogP contribution in [-0.2, 0) is 15.0 Å². The van der Waals surface area contributed by atoms with E-state index >= 15 is 0 Å². The number of hydrogen-bond donors (Lipinski definition) is 3. The fourth-order valence-electron chi connectivity index (χ4n) is 1.50. The van der Waals surface area contributed by atoms with E-state index in [0.717, 1.165) is 11.6 Å². The zero-order valence-electron chi connectivity index (χ0n) is 12.1. The fraction of sp³-hybridized carbons (Fsp3) is 0.267. The normalized spacial score (nSPS) is 11.2. The third-order valence-corrected chi connectivity index (χ3v) is 2.69. The lowest BCUT2D eigenvalue weighted by atomic mass is 9.87. The summed E-state index contributed by atoms with van der Waals surface area (Å²) in [7, 11) is 0. The van der Waals surface area contributed by atoms with E-state index in [2.05, 4.69) is 31.6 Å². The molecule has 6 nitrogen and oxygen atoms in total. The Morgan fingerprint density at radius 2 is 1.57 bits per heavy atom. The molecule has 0 fully saturated rings. The molecule has 0 saturated carbocycles. The van der Waals surface area contributed by atoms with Gasteiger partial charge in [-0.15, -0.1) is 0 Å². The molecule has 0 aliphatic rings. The lowest BCUT2D eigenvalue weighted by molar-refractivity contribution is -0.131. The van der Waals surface area contributed by atoms with Gasteiger partial charge in [-0.3, -0.25) is 20.4 Å². The van der Waals surface area contributed by atoms with Crippen molar-refractivity contribution in [2.45, 2.75) is 26.2 Å². The number of amides is 2. The maximum absolute atomic E-state index is 11.8. The molecule has 1 rings (SSSR count). The van der Waals surface area contributed by atoms with Crippen LogP contribution in [0.1, 0.15) is 36.7 Å². The van der Waals surface area contributed by atoms with Crippen molar-refractivity contribution in [2.24, 2.45) is 0 Å². The standard InChI is InChI=1S/C15H18N2O4/c1-15(2,3)11-6-4-10(5-7-11)14(21)17-16-12(18)8-9-13(19)20/h4-9H,1-3H3,(H,16,18)(H,17,21)(H,19,20). The molecule has 0 spiro atoms. The lowest BCUT2D eigenvalue weighted by Gasteiger charge is -2.19. The first-order chi connectivity index (χ1) is 9.70. The van der Waals surface area contributed by atoms with Gasteiger partial charge in [0, 0.05) is 17.7 Å². The molecule has 1 aromatic rings. The van der Waals surface area contributed by atoms with Gasteiger partial charge in [-0.25, -0.2) is 4.79 Å². The molecule has 0 aromatic heterocycles. The Balaban J connectivity index is 2.60. The third-order valence-electron chi connectivity index (χ3n) is 2.69. The van der Waals surface area contributed by atoms with Gasteiger partial charge in [0.25, 0.3) is 11.8 Å². The summed E-state index contributed by atoms with van der Waals surface area (Å²) in [5.41, 5.74) is 5.77. The van der Waals surface area contributed by atoms with Crippen LogP contribution < -0.4 is 10.9 Å². The average molecular weight is 290 g/mol. The largest absolute Gasteiger partial charge is 0.478 e. The zero-order valence-corrected chi connectivity index (χ0v) is 12.1. The summed E-state index contributed by atoms with van der Waals surface area (Å²) < 4.78 is 0. The molecule has 0 unspecified atom stereocenters. The third kappa shape index (κ3) is 5.48. The van der Waals surface area contributed by atoms with Crippen LogP contribution in [-0.4, -0.2) is 22.9 Å². The first kappa shape index (κ1) is 16.4. The average Bonchev–Trinajstić information content (AvgIpc) is 2.41. The Morgan fingerprint density at radius 1 is 1.00 bits per heavy atom. The molecule has 21 heavy (non-hydrogen) atoms. The second-order valence-electron chi connectivity index (χ2n) is 5.44. The highest BCUT2D eigenvalue weighted by molar-refractivity contribution is 5.98. The van der Waals surface area contributed by atoms with Crippen molar-refractivity contribution in [2.75, 3.05) is 0 Å². The van der Waals surface area contributed by atoms with Crippen molar-refractivity contribution in [1.82, 2.24) is 10.9 Å². The summed E-state index contributed by atoms with van der Waals surface area (Å²) in [5, 5.41) is 8.36. The molecule has 0 atom stereocenters. The minimum absolute atomic E-state index is 0.00908. The quantitative estimate of drug-likeness (QED) is 0.579. The molecule has 0 heterocycles. The maximum atomic E-state index is 11.8. The summed E-state index contributed by atoms with van der Waals surface area (Å²) in [6.07, 6.45) is 1.49. The van der Waals surface area contributed by atoms with Gasteiger partial charge in [-0.2, -0.15) is 0 Å². The number of hydrogen-bond acceptors (Lipinski definition) is 3. The van der Waals surface area contributed by atoms with Crippen LogP contribution in [0.4, 0.5) is 0 Å². The fourth-order valence-corrected chi connectivity index (χ4v) is 1.50. The van der Waals surface area contributed by atoms with E-state index < -0.39 is 17.8 Å². The van der Waals surface area contributed by atoms with Gasteiger partial charge >= 0.3 is 5.97 Å². The molecule has 112 valence electrons. The van der Waals surface area contributed by atoms with Crippen LogP contribution in [0, 0.1) is 0 Å². The molecular weight excluding hydrogens is 272 g/mol. The van der Waals surface area contributed by atoms with Gasteiger partial charge in [0.05, 0.1) is 0 Å². The molecule has 0 aliphatic carbocycles. The number of carboxylic acid groups (broad SMARTS) is 1. The first-order valence-electron chi connectivity index (χ1n) is 6.32. The molecule has 0 bridgehead atoms. The smallest absolute Gasteiger partial charge is 0.328 e. The van der Waals surface area contributed by atoms with Gasteiger partial charge in [0.1, 0.15) is 0 Å². The topological polar surface area (TPSA) is 95.5 Å². The Morgan fingerprint density at radius 3 is 2.05 bits per heavy atom. The highest BCUT2D eigenvalue weighted by Gasteiger charge is 2.14. The number of nitrogens with one attached hydrogen (secondary N) is 2. The molecule has 3 N–H and O–H groups in total. The summed E-state index contributed by atoms with van der Waals surface area (Å²) >= 11 is 0. The number of carbonyl (C=O) groups is 3. The van der Waals surface area contributed by atoms with Crippen molar-refractivity contribution in [3.05, 3.63) is 47.5 Å². The molecule has 6 heteroatoms. The predicted molar refractivity (Wildman–Crippen MR) is 77.5 cm³/mol. The monoisotopic (exact) mass is 290 g/mol. The van der Waals surface area contributed by atoms with Gasteiger partial charge in [-0.05, 0) is 23.1 Å². The molecular formula is C15H18N2O4. The Labute approximate surface area is 122 Å². The van der Waals surface area contributed by atoms with Crippen molar-refractivity contribution in [3.63, 3.8) is 0 Å². The number of benzene rings is 1. The van der Waals surface area contributed by atoms with Crippen LogP contribution in [0.2, 0.25) is 0 Å². The summed E-state index contributed by atoms with van der Waals surface area (Å²) in [5.74, 6) is -2.45. The van der Waals surface area contributed by atoms with E-state index in [1.165, 1.54) is 0 Å². The minimum atomic E-state index is -1.24. The number of carboxylic acids is 1. The minimum Gasteiger partial charge on any atom is -0.478 e. The van der Waals surface area contributed by atoms with Crippen LogP contribution in [0.25, 0.3) is 0 Å². The Kier molecular flexibility index (Phi) is 5.24. The van der Waals surface area contributed by atoms with Crippen LogP contribution in [0.15, 0.2) is 36.4 Å². The van der Waals surface area contributed by atoms with Crippen LogP contribution >= 0.6 is 0 Å². The van der Waals surface area contributed by atoms with Gasteiger partial charge < -0.3 is 5.11 Å². The van der Waals surface area contributed by atoms with Gasteiger partial charge in [0.2, 0.25) is 0 Å². The van der Waals surface area contributed by atoms with Crippen molar-refractivity contribution in [1.29, 1.82) is 0 Å². The van der Waals surface area contributed by atoms with E-state index in [0.29, 0.717) is 11.6 Å². The molecule has 0 saturated heterocycles. The van der Waals surface area contributed by atoms with Crippen molar-refractivity contribution >= 4 is 17.8 Å². The van der Waals surface area contributed by atoms with E-state index in [4.69, 9.17) is 5.11 Å². The number of carbonyl (C=O) groups excluding carboxylic acids is 2. The second-order valence-corrected chi connectivity index (χ2v) is 5.44. The SMILES string of the molecule is CC(C)(C)c1ccc(C(=O)NNC(=O)C=CC(=O)O)cc1. The van der Waals surface area contributed by atoms with Gasteiger partial charge in [0.15, 0.2) is 0 Å². The predicted octanol–water partition coefficient (Wildman–Crippen LogP) is 1.39. The molecule has 0 radical (unpaired) electrons. The van der Waals surface area contributed by atoms with E-state index in [1.807, 2.05) is 12.1 Å². The van der Waals surface area contributed by atoms with Crippen molar-refractivity contribution < 1.29 is 19.5 Å². The van der Waals surface area contributed by atoms with E-state index in [9.17, 15) is 14.4 Å². The number of aliphatic carboxylic acids is 1. The van der Waals surface area contributed by atoms with Crippen molar-refractivity contribution in [3.8, 4) is 0 Å². The summed E-state index contributed by atoms with van der Waals surface area (Å²) in [6, 6.07) is 7.02. The molecule has 0 aliphatic heterocycles. The molecule has 2 amide bonds. The van der Waals surface area contributed by atoms with E-state index in [1.54, 1.807) is 12.1 Å².